The highest BCUT2D eigenvalue weighted by atomic mass is 35.5. The first kappa shape index (κ1) is 21.5. The topological polar surface area (TPSA) is 107 Å². The van der Waals surface area contributed by atoms with Gasteiger partial charge in [0, 0.05) is 22.8 Å². The van der Waals surface area contributed by atoms with Gasteiger partial charge in [0.1, 0.15) is 0 Å². The first-order valence-electron chi connectivity index (χ1n) is 9.37. The number of nitro groups is 1. The molecule has 0 saturated carbocycles. The number of fused-ring (bicyclic) bond motifs is 1. The van der Waals surface area contributed by atoms with E-state index in [0.29, 0.717) is 32.5 Å². The van der Waals surface area contributed by atoms with E-state index in [1.165, 1.54) is 28.8 Å². The van der Waals surface area contributed by atoms with Gasteiger partial charge in [0.2, 0.25) is 5.91 Å². The first-order valence-corrected chi connectivity index (χ1v) is 10.7. The van der Waals surface area contributed by atoms with Gasteiger partial charge < -0.3 is 5.32 Å². The number of amides is 1. The Hall–Kier alpha value is -3.69. The third-order valence-electron chi connectivity index (χ3n) is 4.51. The highest BCUT2D eigenvalue weighted by molar-refractivity contribution is 7.99. The minimum atomic E-state index is -0.512. The number of non-ortho nitro benzene ring substituents is 1. The summed E-state index contributed by atoms with van der Waals surface area (Å²) in [6.07, 6.45) is 0. The predicted octanol–water partition coefficient (Wildman–Crippen LogP) is 4.68. The van der Waals surface area contributed by atoms with E-state index in [0.717, 1.165) is 11.8 Å². The van der Waals surface area contributed by atoms with E-state index < -0.39 is 4.92 Å². The monoisotopic (exact) mass is 466 g/mol. The fourth-order valence-corrected chi connectivity index (χ4v) is 4.04. The van der Waals surface area contributed by atoms with Crippen LogP contribution in [0.1, 0.15) is 0 Å². The number of benzene rings is 3. The molecule has 0 unspecified atom stereocenters. The maximum Gasteiger partial charge on any atom is 0.269 e. The van der Waals surface area contributed by atoms with Crippen LogP contribution in [-0.4, -0.2) is 26.1 Å². The smallest absolute Gasteiger partial charge is 0.269 e. The fourth-order valence-electron chi connectivity index (χ4n) is 3.05. The standard InChI is InChI=1S/C22H15ClN4O4S/c23-14-4-3-5-17(12-14)26-21(29)18-6-1-2-7-19(18)25-22(26)32-13-20(28)24-15-8-10-16(11-9-15)27(30)31/h1-12H,13H2,(H,24,28). The van der Waals surface area contributed by atoms with Crippen LogP contribution in [0.4, 0.5) is 11.4 Å². The van der Waals surface area contributed by atoms with E-state index in [1.807, 2.05) is 0 Å². The van der Waals surface area contributed by atoms with Crippen LogP contribution >= 0.6 is 23.4 Å². The number of carbonyl (C=O) groups is 1. The molecule has 32 heavy (non-hydrogen) atoms. The SMILES string of the molecule is O=C(CSc1nc2ccccc2c(=O)n1-c1cccc(Cl)c1)Nc1ccc([N+](=O)[O-])cc1. The largest absolute Gasteiger partial charge is 0.325 e. The van der Waals surface area contributed by atoms with Crippen LogP contribution in [0.2, 0.25) is 5.02 Å². The Kier molecular flexibility index (Phi) is 6.20. The molecule has 0 atom stereocenters. The highest BCUT2D eigenvalue weighted by Gasteiger charge is 2.15. The average molecular weight is 467 g/mol. The molecule has 0 radical (unpaired) electrons. The number of aromatic nitrogens is 2. The Bertz CT molecular complexity index is 1390. The van der Waals surface area contributed by atoms with Gasteiger partial charge in [-0.15, -0.1) is 0 Å². The minimum Gasteiger partial charge on any atom is -0.325 e. The Balaban J connectivity index is 1.62. The van der Waals surface area contributed by atoms with Crippen LogP contribution in [0.25, 0.3) is 16.6 Å². The zero-order valence-corrected chi connectivity index (χ0v) is 18.0. The number of nitrogens with zero attached hydrogens (tertiary/aromatic N) is 3. The number of para-hydroxylation sites is 1. The van der Waals surface area contributed by atoms with Gasteiger partial charge in [0.25, 0.3) is 11.2 Å². The second-order valence-corrected chi connectivity index (χ2v) is 8.05. The van der Waals surface area contributed by atoms with Gasteiger partial charge in [0.05, 0.1) is 27.3 Å². The summed E-state index contributed by atoms with van der Waals surface area (Å²) < 4.78 is 1.43. The molecule has 0 bridgehead atoms. The quantitative estimate of drug-likeness (QED) is 0.191. The normalized spacial score (nSPS) is 10.8. The summed E-state index contributed by atoms with van der Waals surface area (Å²) >= 11 is 7.22. The highest BCUT2D eigenvalue weighted by Crippen LogP contribution is 2.23. The zero-order chi connectivity index (χ0) is 22.7. The van der Waals surface area contributed by atoms with Crippen molar-refractivity contribution in [2.24, 2.45) is 0 Å². The van der Waals surface area contributed by atoms with Gasteiger partial charge in [0.15, 0.2) is 5.16 Å². The molecule has 1 aromatic heterocycles. The van der Waals surface area contributed by atoms with E-state index in [1.54, 1.807) is 48.5 Å². The number of carbonyl (C=O) groups excluding carboxylic acids is 1. The minimum absolute atomic E-state index is 0.0255. The van der Waals surface area contributed by atoms with Crippen LogP contribution in [-0.2, 0) is 4.79 Å². The average Bonchev–Trinajstić information content (AvgIpc) is 2.78. The summed E-state index contributed by atoms with van der Waals surface area (Å²) in [5.74, 6) is -0.369. The number of nitrogens with one attached hydrogen (secondary N) is 1. The molecule has 0 aliphatic carbocycles. The maximum atomic E-state index is 13.2. The lowest BCUT2D eigenvalue weighted by Gasteiger charge is -2.13. The number of rotatable bonds is 6. The molecule has 0 aliphatic rings. The molecule has 4 rings (SSSR count). The first-order chi connectivity index (χ1) is 15.4. The van der Waals surface area contributed by atoms with Crippen molar-refractivity contribution in [1.29, 1.82) is 0 Å². The van der Waals surface area contributed by atoms with Gasteiger partial charge in [-0.25, -0.2) is 4.98 Å². The molecule has 8 nitrogen and oxygen atoms in total. The molecule has 0 aliphatic heterocycles. The van der Waals surface area contributed by atoms with Crippen molar-refractivity contribution in [3.63, 3.8) is 0 Å². The third-order valence-corrected chi connectivity index (χ3v) is 5.68. The van der Waals surface area contributed by atoms with Crippen molar-refractivity contribution >= 4 is 51.5 Å². The van der Waals surface area contributed by atoms with E-state index in [2.05, 4.69) is 10.3 Å². The van der Waals surface area contributed by atoms with Crippen molar-refractivity contribution in [3.05, 3.63) is 98.3 Å². The Morgan fingerprint density at radius 2 is 1.84 bits per heavy atom. The summed E-state index contributed by atoms with van der Waals surface area (Å²) in [5.41, 5.74) is 1.16. The van der Waals surface area contributed by atoms with Gasteiger partial charge in [-0.2, -0.15) is 0 Å². The van der Waals surface area contributed by atoms with E-state index in [9.17, 15) is 19.7 Å². The molecule has 0 saturated heterocycles. The Labute approximate surface area is 191 Å². The molecular weight excluding hydrogens is 452 g/mol. The fraction of sp³-hybridized carbons (Fsp3) is 0.0455. The van der Waals surface area contributed by atoms with Gasteiger partial charge >= 0.3 is 0 Å². The summed E-state index contributed by atoms with van der Waals surface area (Å²) in [4.78, 5) is 40.5. The van der Waals surface area contributed by atoms with Gasteiger partial charge in [-0.1, -0.05) is 41.6 Å². The molecule has 160 valence electrons. The lowest BCUT2D eigenvalue weighted by Crippen LogP contribution is -2.23. The summed E-state index contributed by atoms with van der Waals surface area (Å²) in [7, 11) is 0. The summed E-state index contributed by atoms with van der Waals surface area (Å²) in [6, 6.07) is 19.3. The van der Waals surface area contributed by atoms with Crippen LogP contribution < -0.4 is 10.9 Å². The molecule has 0 spiro atoms. The number of hydrogen-bond acceptors (Lipinski definition) is 6. The molecule has 0 fully saturated rings. The summed E-state index contributed by atoms with van der Waals surface area (Å²) in [5, 5.41) is 14.7. The van der Waals surface area contributed by atoms with Crippen LogP contribution in [0.15, 0.2) is 82.7 Å². The Morgan fingerprint density at radius 1 is 1.09 bits per heavy atom. The van der Waals surface area contributed by atoms with Crippen LogP contribution in [0, 0.1) is 10.1 Å². The van der Waals surface area contributed by atoms with Crippen molar-refractivity contribution in [3.8, 4) is 5.69 Å². The van der Waals surface area contributed by atoms with Crippen molar-refractivity contribution in [1.82, 2.24) is 9.55 Å². The lowest BCUT2D eigenvalue weighted by atomic mass is 10.2. The molecule has 10 heteroatoms. The number of anilines is 1. The predicted molar refractivity (Wildman–Crippen MR) is 125 cm³/mol. The molecule has 3 aromatic carbocycles. The number of nitro benzene ring substituents is 1. The van der Waals surface area contributed by atoms with Gasteiger partial charge in [-0.05, 0) is 42.5 Å². The summed E-state index contributed by atoms with van der Waals surface area (Å²) in [6.45, 7) is 0. The number of halogens is 1. The second kappa shape index (κ2) is 9.21. The van der Waals surface area contributed by atoms with E-state index in [4.69, 9.17) is 11.6 Å². The number of hydrogen-bond donors (Lipinski definition) is 1. The third kappa shape index (κ3) is 4.63. The van der Waals surface area contributed by atoms with Gasteiger partial charge in [-0.3, -0.25) is 24.3 Å². The van der Waals surface area contributed by atoms with Crippen molar-refractivity contribution < 1.29 is 9.72 Å². The van der Waals surface area contributed by atoms with Crippen molar-refractivity contribution in [2.45, 2.75) is 5.16 Å². The number of thioether (sulfide) groups is 1. The van der Waals surface area contributed by atoms with Crippen LogP contribution in [0.5, 0.6) is 0 Å². The van der Waals surface area contributed by atoms with Crippen LogP contribution in [0.3, 0.4) is 0 Å². The molecule has 1 heterocycles. The van der Waals surface area contributed by atoms with E-state index in [-0.39, 0.29) is 22.9 Å². The molecule has 4 aromatic rings. The molecule has 1 N–H and O–H groups in total. The van der Waals surface area contributed by atoms with E-state index >= 15 is 0 Å². The molecule has 1 amide bonds. The molecular formula is C22H15ClN4O4S. The zero-order valence-electron chi connectivity index (χ0n) is 16.4. The Morgan fingerprint density at radius 3 is 2.56 bits per heavy atom. The van der Waals surface area contributed by atoms with Crippen molar-refractivity contribution in [2.75, 3.05) is 11.1 Å². The second-order valence-electron chi connectivity index (χ2n) is 6.67. The maximum absolute atomic E-state index is 13.2. The lowest BCUT2D eigenvalue weighted by molar-refractivity contribution is -0.384.